The number of methoxy groups -OCH3 is 1. The minimum absolute atomic E-state index is 0.133. The molecule has 0 heterocycles. The number of esters is 1. The summed E-state index contributed by atoms with van der Waals surface area (Å²) in [6.07, 6.45) is 0. The van der Waals surface area contributed by atoms with Gasteiger partial charge in [0.05, 0.1) is 13.7 Å². The summed E-state index contributed by atoms with van der Waals surface area (Å²) in [5, 5.41) is 0. The fourth-order valence-corrected chi connectivity index (χ4v) is 1.28. The van der Waals surface area contributed by atoms with Crippen molar-refractivity contribution < 1.29 is 32.2 Å². The fraction of sp³-hybridized carbons (Fsp3) is 0.273. The molecule has 7 heteroatoms. The van der Waals surface area contributed by atoms with E-state index in [1.807, 2.05) is 0 Å². The van der Waals surface area contributed by atoms with E-state index in [1.54, 1.807) is 0 Å². The second-order valence-corrected chi connectivity index (χ2v) is 3.11. The van der Waals surface area contributed by atoms with Gasteiger partial charge in [0.2, 0.25) is 0 Å². The largest absolute Gasteiger partial charge is 0.493 e. The van der Waals surface area contributed by atoms with E-state index < -0.39 is 40.5 Å². The van der Waals surface area contributed by atoms with E-state index in [0.717, 1.165) is 7.11 Å². The lowest BCUT2D eigenvalue weighted by Crippen LogP contribution is -2.20. The van der Waals surface area contributed by atoms with E-state index >= 15 is 0 Å². The molecule has 0 aliphatic heterocycles. The van der Waals surface area contributed by atoms with Gasteiger partial charge in [-0.15, -0.1) is 0 Å². The first-order valence-corrected chi connectivity index (χ1v) is 4.86. The summed E-state index contributed by atoms with van der Waals surface area (Å²) in [4.78, 5) is 22.7. The van der Waals surface area contributed by atoms with Crippen LogP contribution in [0, 0.1) is 17.5 Å². The number of carbonyl (C=O) groups is 2. The molecule has 0 saturated heterocycles. The molecule has 0 spiro atoms. The number of ether oxygens (including phenoxy) is 2. The molecule has 0 bridgehead atoms. The van der Waals surface area contributed by atoms with Crippen LogP contribution in [-0.2, 0) is 9.53 Å². The maximum Gasteiger partial charge on any atom is 0.379 e. The summed E-state index contributed by atoms with van der Waals surface area (Å²) in [6.45, 7) is 1.29. The standard InChI is InChI=1S/C11H9F3O4/c1-3-18-11(16)9(15)7-8(14)5(12)4-6(13)10(7)17-2/h4H,3H2,1-2H3. The van der Waals surface area contributed by atoms with Crippen LogP contribution in [0.5, 0.6) is 5.75 Å². The quantitative estimate of drug-likeness (QED) is 0.359. The third-order valence-corrected chi connectivity index (χ3v) is 2.02. The molecule has 0 amide bonds. The summed E-state index contributed by atoms with van der Waals surface area (Å²) in [6, 6.07) is 0.218. The van der Waals surface area contributed by atoms with Crippen molar-refractivity contribution in [3.63, 3.8) is 0 Å². The van der Waals surface area contributed by atoms with Crippen LogP contribution < -0.4 is 4.74 Å². The highest BCUT2D eigenvalue weighted by Crippen LogP contribution is 2.28. The van der Waals surface area contributed by atoms with Crippen molar-refractivity contribution in [1.82, 2.24) is 0 Å². The van der Waals surface area contributed by atoms with Crippen LogP contribution in [0.25, 0.3) is 0 Å². The van der Waals surface area contributed by atoms with Crippen molar-refractivity contribution in [2.45, 2.75) is 6.92 Å². The molecule has 0 unspecified atom stereocenters. The fourth-order valence-electron chi connectivity index (χ4n) is 1.28. The molecule has 0 fully saturated rings. The van der Waals surface area contributed by atoms with Gasteiger partial charge < -0.3 is 9.47 Å². The first-order valence-electron chi connectivity index (χ1n) is 4.86. The lowest BCUT2D eigenvalue weighted by Gasteiger charge is -2.09. The molecule has 1 rings (SSSR count). The molecule has 98 valence electrons. The molecule has 0 radical (unpaired) electrons. The number of ketones is 1. The van der Waals surface area contributed by atoms with Crippen LogP contribution in [0.15, 0.2) is 6.07 Å². The Labute approximate surface area is 100 Å². The van der Waals surface area contributed by atoms with Crippen LogP contribution in [0.2, 0.25) is 0 Å². The summed E-state index contributed by atoms with van der Waals surface area (Å²) in [5.74, 6) is -8.31. The maximum absolute atomic E-state index is 13.4. The predicted molar refractivity (Wildman–Crippen MR) is 53.8 cm³/mol. The maximum atomic E-state index is 13.4. The monoisotopic (exact) mass is 262 g/mol. The molecule has 0 N–H and O–H groups in total. The van der Waals surface area contributed by atoms with Crippen LogP contribution in [0.4, 0.5) is 13.2 Å². The topological polar surface area (TPSA) is 52.6 Å². The first kappa shape index (κ1) is 14.0. The Morgan fingerprint density at radius 3 is 2.33 bits per heavy atom. The van der Waals surface area contributed by atoms with Crippen LogP contribution >= 0.6 is 0 Å². The van der Waals surface area contributed by atoms with Gasteiger partial charge in [-0.1, -0.05) is 0 Å². The van der Waals surface area contributed by atoms with Crippen molar-refractivity contribution in [2.24, 2.45) is 0 Å². The second kappa shape index (κ2) is 5.52. The van der Waals surface area contributed by atoms with Crippen molar-refractivity contribution in [1.29, 1.82) is 0 Å². The van der Waals surface area contributed by atoms with Gasteiger partial charge in [0.25, 0.3) is 5.78 Å². The Hall–Kier alpha value is -2.05. The van der Waals surface area contributed by atoms with Crippen molar-refractivity contribution in [3.8, 4) is 5.75 Å². The zero-order valence-electron chi connectivity index (χ0n) is 9.55. The third kappa shape index (κ3) is 2.44. The Balaban J connectivity index is 3.38. The van der Waals surface area contributed by atoms with Crippen molar-refractivity contribution in [3.05, 3.63) is 29.1 Å². The lowest BCUT2D eigenvalue weighted by atomic mass is 10.1. The van der Waals surface area contributed by atoms with Gasteiger partial charge in [0.1, 0.15) is 5.56 Å². The van der Waals surface area contributed by atoms with Gasteiger partial charge in [0, 0.05) is 6.07 Å². The number of Topliss-reactive ketones (excluding diaryl/α,β-unsaturated/α-hetero) is 1. The van der Waals surface area contributed by atoms with E-state index in [1.165, 1.54) is 6.92 Å². The minimum atomic E-state index is -1.66. The predicted octanol–water partition coefficient (Wildman–Crippen LogP) is 1.86. The van der Waals surface area contributed by atoms with E-state index in [0.29, 0.717) is 0 Å². The molecule has 0 saturated carbocycles. The summed E-state index contributed by atoms with van der Waals surface area (Å²) in [5.41, 5.74) is -1.12. The molecule has 1 aromatic carbocycles. The highest BCUT2D eigenvalue weighted by molar-refractivity contribution is 6.41. The Morgan fingerprint density at radius 1 is 1.22 bits per heavy atom. The smallest absolute Gasteiger partial charge is 0.379 e. The average Bonchev–Trinajstić information content (AvgIpc) is 2.32. The normalized spacial score (nSPS) is 10.1. The molecule has 0 aromatic heterocycles. The van der Waals surface area contributed by atoms with E-state index in [-0.39, 0.29) is 12.7 Å². The molecule has 0 aliphatic rings. The SMILES string of the molecule is CCOC(=O)C(=O)c1c(F)c(F)cc(F)c1OC. The minimum Gasteiger partial charge on any atom is -0.493 e. The molecule has 0 atom stereocenters. The molecule has 1 aromatic rings. The molecular formula is C11H9F3O4. The molecule has 18 heavy (non-hydrogen) atoms. The second-order valence-electron chi connectivity index (χ2n) is 3.11. The van der Waals surface area contributed by atoms with Crippen molar-refractivity contribution in [2.75, 3.05) is 13.7 Å². The summed E-state index contributed by atoms with van der Waals surface area (Å²) >= 11 is 0. The highest BCUT2D eigenvalue weighted by Gasteiger charge is 2.30. The third-order valence-electron chi connectivity index (χ3n) is 2.02. The van der Waals surface area contributed by atoms with Crippen LogP contribution in [0.3, 0.4) is 0 Å². The highest BCUT2D eigenvalue weighted by atomic mass is 19.2. The van der Waals surface area contributed by atoms with Gasteiger partial charge in [0.15, 0.2) is 23.2 Å². The summed E-state index contributed by atoms with van der Waals surface area (Å²) in [7, 11) is 0.956. The number of hydrogen-bond acceptors (Lipinski definition) is 4. The zero-order chi connectivity index (χ0) is 13.9. The summed E-state index contributed by atoms with van der Waals surface area (Å²) < 4.78 is 48.5. The molecular weight excluding hydrogens is 253 g/mol. The van der Waals surface area contributed by atoms with Gasteiger partial charge in [-0.05, 0) is 6.92 Å². The number of halogens is 3. The van der Waals surface area contributed by atoms with E-state index in [2.05, 4.69) is 9.47 Å². The molecule has 0 aliphatic carbocycles. The lowest BCUT2D eigenvalue weighted by molar-refractivity contribution is -0.137. The van der Waals surface area contributed by atoms with Crippen LogP contribution in [-0.4, -0.2) is 25.5 Å². The van der Waals surface area contributed by atoms with Gasteiger partial charge in [-0.25, -0.2) is 18.0 Å². The van der Waals surface area contributed by atoms with Crippen LogP contribution in [0.1, 0.15) is 17.3 Å². The van der Waals surface area contributed by atoms with Gasteiger partial charge in [-0.2, -0.15) is 0 Å². The first-order chi connectivity index (χ1) is 8.43. The Bertz CT molecular complexity index is 500. The number of carbonyl (C=O) groups excluding carboxylic acids is 2. The number of rotatable bonds is 4. The van der Waals surface area contributed by atoms with E-state index in [4.69, 9.17) is 0 Å². The number of benzene rings is 1. The van der Waals surface area contributed by atoms with Gasteiger partial charge in [-0.3, -0.25) is 4.79 Å². The molecule has 4 nitrogen and oxygen atoms in total. The van der Waals surface area contributed by atoms with Crippen molar-refractivity contribution >= 4 is 11.8 Å². The zero-order valence-corrected chi connectivity index (χ0v) is 9.55. The Kier molecular flexibility index (Phi) is 4.30. The number of hydrogen-bond donors (Lipinski definition) is 0. The van der Waals surface area contributed by atoms with E-state index in [9.17, 15) is 22.8 Å². The average molecular weight is 262 g/mol. The van der Waals surface area contributed by atoms with Gasteiger partial charge >= 0.3 is 5.97 Å². The Morgan fingerprint density at radius 2 is 1.83 bits per heavy atom.